The lowest BCUT2D eigenvalue weighted by molar-refractivity contribution is -0.148. The topological polar surface area (TPSA) is 69.6 Å². The number of amides is 2. The first-order valence-electron chi connectivity index (χ1n) is 7.78. The summed E-state index contributed by atoms with van der Waals surface area (Å²) in [6, 6.07) is 0.0861. The lowest BCUT2D eigenvalue weighted by Gasteiger charge is -2.26. The minimum Gasteiger partial charge on any atom is -0.481 e. The lowest BCUT2D eigenvalue weighted by atomic mass is 9.83. The van der Waals surface area contributed by atoms with Crippen LogP contribution in [-0.2, 0) is 4.79 Å². The van der Waals surface area contributed by atoms with Crippen LogP contribution in [0.3, 0.4) is 0 Å². The Morgan fingerprint density at radius 1 is 1.30 bits per heavy atom. The third kappa shape index (κ3) is 3.87. The van der Waals surface area contributed by atoms with Crippen molar-refractivity contribution in [1.29, 1.82) is 0 Å². The van der Waals surface area contributed by atoms with E-state index >= 15 is 0 Å². The van der Waals surface area contributed by atoms with Crippen LogP contribution >= 0.6 is 0 Å². The highest BCUT2D eigenvalue weighted by molar-refractivity contribution is 5.79. The molecule has 1 fully saturated rings. The molecule has 1 aliphatic rings. The van der Waals surface area contributed by atoms with Crippen molar-refractivity contribution in [2.75, 3.05) is 13.1 Å². The molecule has 0 aliphatic carbocycles. The van der Waals surface area contributed by atoms with Crippen LogP contribution < -0.4 is 5.32 Å². The van der Waals surface area contributed by atoms with Crippen LogP contribution in [0.5, 0.6) is 0 Å². The summed E-state index contributed by atoms with van der Waals surface area (Å²) in [4.78, 5) is 25.4. The van der Waals surface area contributed by atoms with Gasteiger partial charge in [0.05, 0.1) is 5.41 Å². The van der Waals surface area contributed by atoms with Gasteiger partial charge in [0.2, 0.25) is 0 Å². The Balaban J connectivity index is 2.61. The average Bonchev–Trinajstić information content (AvgIpc) is 2.84. The number of carbonyl (C=O) groups excluding carboxylic acids is 1. The maximum Gasteiger partial charge on any atom is 0.317 e. The molecule has 2 N–H and O–H groups in total. The molecule has 1 saturated heterocycles. The standard InChI is InChI=1S/C15H28N2O3/c1-4-7-12(6-3)16-14(20)17-10-9-15(11-17,8-5-2)13(18)19/h12H,4-11H2,1-3H3,(H,16,20)(H,18,19). The Labute approximate surface area is 121 Å². The predicted molar refractivity (Wildman–Crippen MR) is 78.7 cm³/mol. The molecule has 116 valence electrons. The van der Waals surface area contributed by atoms with E-state index in [0.717, 1.165) is 25.7 Å². The smallest absolute Gasteiger partial charge is 0.317 e. The summed E-state index contributed by atoms with van der Waals surface area (Å²) in [6.45, 7) is 7.03. The molecule has 5 nitrogen and oxygen atoms in total. The molecule has 2 unspecified atom stereocenters. The SMILES string of the molecule is CCCC(CC)NC(=O)N1CCC(CCC)(C(=O)O)C1. The fourth-order valence-electron chi connectivity index (χ4n) is 3.00. The van der Waals surface area contributed by atoms with Crippen molar-refractivity contribution in [2.45, 2.75) is 65.3 Å². The van der Waals surface area contributed by atoms with Crippen molar-refractivity contribution < 1.29 is 14.7 Å². The first kappa shape index (κ1) is 16.8. The molecule has 0 saturated carbocycles. The molecule has 0 aromatic rings. The second-order valence-corrected chi connectivity index (χ2v) is 5.85. The van der Waals surface area contributed by atoms with Crippen molar-refractivity contribution in [1.82, 2.24) is 10.2 Å². The quantitative estimate of drug-likeness (QED) is 0.755. The molecule has 0 spiro atoms. The van der Waals surface area contributed by atoms with Crippen LogP contribution in [0.1, 0.15) is 59.3 Å². The molecule has 0 aromatic carbocycles. The number of nitrogens with one attached hydrogen (secondary N) is 1. The number of carbonyl (C=O) groups is 2. The molecule has 1 aliphatic heterocycles. The average molecular weight is 284 g/mol. The minimum absolute atomic E-state index is 0.107. The van der Waals surface area contributed by atoms with Gasteiger partial charge in [0, 0.05) is 19.1 Å². The summed E-state index contributed by atoms with van der Waals surface area (Å²) < 4.78 is 0. The van der Waals surface area contributed by atoms with Gasteiger partial charge in [-0.15, -0.1) is 0 Å². The Morgan fingerprint density at radius 2 is 2.00 bits per heavy atom. The van der Waals surface area contributed by atoms with Crippen molar-refractivity contribution in [3.8, 4) is 0 Å². The molecule has 0 bridgehead atoms. The molecule has 0 aromatic heterocycles. The van der Waals surface area contributed by atoms with Crippen LogP contribution in [-0.4, -0.2) is 41.1 Å². The molecule has 1 heterocycles. The number of aliphatic carboxylic acids is 1. The fourth-order valence-corrected chi connectivity index (χ4v) is 3.00. The van der Waals surface area contributed by atoms with Crippen LogP contribution in [0.25, 0.3) is 0 Å². The summed E-state index contributed by atoms with van der Waals surface area (Å²) in [6.07, 6.45) is 4.94. The number of carboxylic acid groups (broad SMARTS) is 1. The third-order valence-corrected chi connectivity index (χ3v) is 4.28. The van der Waals surface area contributed by atoms with E-state index in [1.807, 2.05) is 6.92 Å². The molecule has 20 heavy (non-hydrogen) atoms. The molecular formula is C15H28N2O3. The number of urea groups is 1. The Hall–Kier alpha value is -1.26. The second-order valence-electron chi connectivity index (χ2n) is 5.85. The molecule has 1 rings (SSSR count). The number of nitrogens with zero attached hydrogens (tertiary/aromatic N) is 1. The van der Waals surface area contributed by atoms with Crippen molar-refractivity contribution in [2.24, 2.45) is 5.41 Å². The summed E-state index contributed by atoms with van der Waals surface area (Å²) in [5, 5.41) is 12.5. The van der Waals surface area contributed by atoms with Gasteiger partial charge < -0.3 is 15.3 Å². The van der Waals surface area contributed by atoms with Gasteiger partial charge in [0.15, 0.2) is 0 Å². The molecule has 2 atom stereocenters. The van der Waals surface area contributed by atoms with Gasteiger partial charge in [0.25, 0.3) is 0 Å². The number of hydrogen-bond acceptors (Lipinski definition) is 2. The van der Waals surface area contributed by atoms with Gasteiger partial charge in [-0.2, -0.15) is 0 Å². The summed E-state index contributed by atoms with van der Waals surface area (Å²) >= 11 is 0. The maximum atomic E-state index is 12.2. The highest BCUT2D eigenvalue weighted by Gasteiger charge is 2.45. The summed E-state index contributed by atoms with van der Waals surface area (Å²) in [7, 11) is 0. The summed E-state index contributed by atoms with van der Waals surface area (Å²) in [5.41, 5.74) is -0.738. The second kappa shape index (κ2) is 7.50. The zero-order valence-corrected chi connectivity index (χ0v) is 12.9. The number of rotatable bonds is 7. The largest absolute Gasteiger partial charge is 0.481 e. The maximum absolute atomic E-state index is 12.2. The normalized spacial score (nSPS) is 23.6. The fraction of sp³-hybridized carbons (Fsp3) is 0.867. The van der Waals surface area contributed by atoms with Gasteiger partial charge in [-0.05, 0) is 25.7 Å². The van der Waals surface area contributed by atoms with E-state index in [-0.39, 0.29) is 12.1 Å². The molecular weight excluding hydrogens is 256 g/mol. The molecule has 5 heteroatoms. The number of hydrogen-bond donors (Lipinski definition) is 2. The van der Waals surface area contributed by atoms with Gasteiger partial charge >= 0.3 is 12.0 Å². The van der Waals surface area contributed by atoms with E-state index in [1.165, 1.54) is 0 Å². The van der Waals surface area contributed by atoms with Crippen molar-refractivity contribution in [3.05, 3.63) is 0 Å². The minimum atomic E-state index is -0.768. The highest BCUT2D eigenvalue weighted by Crippen LogP contribution is 2.35. The first-order valence-corrected chi connectivity index (χ1v) is 7.78. The van der Waals surface area contributed by atoms with Crippen LogP contribution in [0.15, 0.2) is 0 Å². The molecule has 2 amide bonds. The number of likely N-dealkylation sites (tertiary alicyclic amines) is 1. The lowest BCUT2D eigenvalue weighted by Crippen LogP contribution is -2.45. The van der Waals surface area contributed by atoms with E-state index in [0.29, 0.717) is 25.9 Å². The van der Waals surface area contributed by atoms with Crippen LogP contribution in [0, 0.1) is 5.41 Å². The van der Waals surface area contributed by atoms with E-state index in [2.05, 4.69) is 19.2 Å². The van der Waals surface area contributed by atoms with E-state index in [1.54, 1.807) is 4.90 Å². The van der Waals surface area contributed by atoms with Crippen LogP contribution in [0.2, 0.25) is 0 Å². The third-order valence-electron chi connectivity index (χ3n) is 4.28. The van der Waals surface area contributed by atoms with Gasteiger partial charge in [-0.3, -0.25) is 4.79 Å². The van der Waals surface area contributed by atoms with Gasteiger partial charge in [-0.25, -0.2) is 4.79 Å². The highest BCUT2D eigenvalue weighted by atomic mass is 16.4. The first-order chi connectivity index (χ1) is 9.49. The van der Waals surface area contributed by atoms with Gasteiger partial charge in [0.1, 0.15) is 0 Å². The zero-order chi connectivity index (χ0) is 15.2. The Morgan fingerprint density at radius 3 is 2.50 bits per heavy atom. The summed E-state index contributed by atoms with van der Waals surface area (Å²) in [5.74, 6) is -0.768. The van der Waals surface area contributed by atoms with Crippen LogP contribution in [0.4, 0.5) is 4.79 Å². The Kier molecular flexibility index (Phi) is 6.30. The van der Waals surface area contributed by atoms with Crippen molar-refractivity contribution >= 4 is 12.0 Å². The van der Waals surface area contributed by atoms with E-state index in [4.69, 9.17) is 0 Å². The zero-order valence-electron chi connectivity index (χ0n) is 12.9. The Bertz CT molecular complexity index is 346. The van der Waals surface area contributed by atoms with Gasteiger partial charge in [-0.1, -0.05) is 33.6 Å². The van der Waals surface area contributed by atoms with E-state index < -0.39 is 11.4 Å². The number of carboxylic acids is 1. The van der Waals surface area contributed by atoms with Crippen molar-refractivity contribution in [3.63, 3.8) is 0 Å². The van der Waals surface area contributed by atoms with E-state index in [9.17, 15) is 14.7 Å². The monoisotopic (exact) mass is 284 g/mol. The molecule has 0 radical (unpaired) electrons. The predicted octanol–water partition coefficient (Wildman–Crippen LogP) is 2.85.